The van der Waals surface area contributed by atoms with E-state index in [0.29, 0.717) is 6.04 Å². The Morgan fingerprint density at radius 1 is 1.50 bits per heavy atom. The van der Waals surface area contributed by atoms with Crippen LogP contribution in [0.4, 0.5) is 0 Å². The minimum atomic E-state index is -0.0649. The molecule has 0 aromatic carbocycles. The molecule has 10 heavy (non-hydrogen) atoms. The fourth-order valence-corrected chi connectivity index (χ4v) is 1.67. The molecule has 2 nitrogen and oxygen atoms in total. The van der Waals surface area contributed by atoms with E-state index in [0.717, 1.165) is 13.0 Å². The van der Waals surface area contributed by atoms with Crippen molar-refractivity contribution in [2.75, 3.05) is 13.6 Å². The molecular weight excluding hydrogens is 126 g/mol. The van der Waals surface area contributed by atoms with Crippen LogP contribution in [0.25, 0.3) is 0 Å². The molecule has 0 aromatic rings. The third kappa shape index (κ3) is 1.50. The topological polar surface area (TPSA) is 23.5 Å². The fraction of sp³-hybridized carbons (Fsp3) is 1.00. The van der Waals surface area contributed by atoms with Gasteiger partial charge in [-0.1, -0.05) is 6.92 Å². The maximum atomic E-state index is 9.45. The van der Waals surface area contributed by atoms with E-state index in [1.165, 1.54) is 12.8 Å². The summed E-state index contributed by atoms with van der Waals surface area (Å²) in [6.07, 6.45) is 3.29. The van der Waals surface area contributed by atoms with Gasteiger partial charge >= 0.3 is 0 Å². The van der Waals surface area contributed by atoms with Crippen molar-refractivity contribution in [2.24, 2.45) is 0 Å². The van der Waals surface area contributed by atoms with Gasteiger partial charge in [0, 0.05) is 6.04 Å². The third-order valence-electron chi connectivity index (χ3n) is 2.51. The summed E-state index contributed by atoms with van der Waals surface area (Å²) in [5.41, 5.74) is 0. The lowest BCUT2D eigenvalue weighted by Crippen LogP contribution is -2.37. The molecule has 1 aliphatic carbocycles. The molecule has 1 unspecified atom stereocenters. The average molecular weight is 143 g/mol. The van der Waals surface area contributed by atoms with E-state index in [1.807, 2.05) is 0 Å². The molecule has 1 fully saturated rings. The zero-order valence-corrected chi connectivity index (χ0v) is 6.88. The van der Waals surface area contributed by atoms with Crippen LogP contribution >= 0.6 is 0 Å². The van der Waals surface area contributed by atoms with Crippen molar-refractivity contribution < 1.29 is 5.11 Å². The summed E-state index contributed by atoms with van der Waals surface area (Å²) in [5, 5.41) is 9.45. The first-order valence-corrected chi connectivity index (χ1v) is 4.14. The zero-order valence-electron chi connectivity index (χ0n) is 6.88. The molecule has 0 saturated heterocycles. The number of aliphatic hydroxyl groups is 1. The van der Waals surface area contributed by atoms with Gasteiger partial charge in [-0.15, -0.1) is 0 Å². The Morgan fingerprint density at radius 2 is 2.20 bits per heavy atom. The standard InChI is InChI=1S/C8H17NO/c1-3-9(2)7-5-4-6-8(7)10/h7-8,10H,3-6H2,1-2H3/t7?,8-/m0/s1. The lowest BCUT2D eigenvalue weighted by Gasteiger charge is -2.25. The van der Waals surface area contributed by atoms with Crippen LogP contribution in [0.15, 0.2) is 0 Å². The van der Waals surface area contributed by atoms with Crippen molar-refractivity contribution in [3.05, 3.63) is 0 Å². The lowest BCUT2D eigenvalue weighted by molar-refractivity contribution is 0.0894. The lowest BCUT2D eigenvalue weighted by atomic mass is 10.2. The van der Waals surface area contributed by atoms with Gasteiger partial charge in [0.15, 0.2) is 0 Å². The molecule has 0 aliphatic heterocycles. The second kappa shape index (κ2) is 3.35. The SMILES string of the molecule is CCN(C)C1CCC[C@@H]1O. The van der Waals surface area contributed by atoms with Crippen LogP contribution in [0.3, 0.4) is 0 Å². The summed E-state index contributed by atoms with van der Waals surface area (Å²) in [7, 11) is 2.08. The summed E-state index contributed by atoms with van der Waals surface area (Å²) < 4.78 is 0. The highest BCUT2D eigenvalue weighted by molar-refractivity contribution is 4.82. The minimum Gasteiger partial charge on any atom is -0.391 e. The second-order valence-corrected chi connectivity index (χ2v) is 3.14. The monoisotopic (exact) mass is 143 g/mol. The Morgan fingerprint density at radius 3 is 2.60 bits per heavy atom. The van der Waals surface area contributed by atoms with Gasteiger partial charge in [-0.05, 0) is 32.9 Å². The molecule has 0 amide bonds. The molecule has 1 rings (SSSR count). The van der Waals surface area contributed by atoms with Crippen molar-refractivity contribution in [2.45, 2.75) is 38.3 Å². The van der Waals surface area contributed by atoms with Crippen molar-refractivity contribution in [1.82, 2.24) is 4.90 Å². The molecule has 60 valence electrons. The van der Waals surface area contributed by atoms with E-state index < -0.39 is 0 Å². The van der Waals surface area contributed by atoms with Crippen LogP contribution in [-0.2, 0) is 0 Å². The van der Waals surface area contributed by atoms with Crippen molar-refractivity contribution >= 4 is 0 Å². The van der Waals surface area contributed by atoms with E-state index in [-0.39, 0.29) is 6.10 Å². The van der Waals surface area contributed by atoms with Gasteiger partial charge in [-0.3, -0.25) is 0 Å². The van der Waals surface area contributed by atoms with Crippen molar-refractivity contribution in [3.63, 3.8) is 0 Å². The quantitative estimate of drug-likeness (QED) is 0.619. The molecule has 1 N–H and O–H groups in total. The number of hydrogen-bond donors (Lipinski definition) is 1. The number of hydrogen-bond acceptors (Lipinski definition) is 2. The second-order valence-electron chi connectivity index (χ2n) is 3.14. The highest BCUT2D eigenvalue weighted by Crippen LogP contribution is 2.22. The molecule has 2 heteroatoms. The van der Waals surface area contributed by atoms with Gasteiger partial charge in [0.1, 0.15) is 0 Å². The Hall–Kier alpha value is -0.0800. The number of likely N-dealkylation sites (N-methyl/N-ethyl adjacent to an activating group) is 1. The first-order chi connectivity index (χ1) is 4.75. The van der Waals surface area contributed by atoms with Gasteiger partial charge in [0.2, 0.25) is 0 Å². The Labute approximate surface area is 62.8 Å². The Kier molecular flexibility index (Phi) is 2.69. The summed E-state index contributed by atoms with van der Waals surface area (Å²) in [6.45, 7) is 3.17. The van der Waals surface area contributed by atoms with Crippen molar-refractivity contribution in [3.8, 4) is 0 Å². The molecule has 0 heterocycles. The predicted octanol–water partition coefficient (Wildman–Crippen LogP) is 0.852. The normalized spacial score (nSPS) is 33.6. The van der Waals surface area contributed by atoms with Crippen LogP contribution in [0, 0.1) is 0 Å². The zero-order chi connectivity index (χ0) is 7.56. The molecule has 2 atom stereocenters. The minimum absolute atomic E-state index is 0.0649. The maximum Gasteiger partial charge on any atom is 0.0695 e. The van der Waals surface area contributed by atoms with Gasteiger partial charge in [-0.2, -0.15) is 0 Å². The highest BCUT2D eigenvalue weighted by Gasteiger charge is 2.27. The molecule has 0 aromatic heterocycles. The summed E-state index contributed by atoms with van der Waals surface area (Å²) in [5.74, 6) is 0. The molecule has 0 bridgehead atoms. The van der Waals surface area contributed by atoms with Crippen LogP contribution in [0.1, 0.15) is 26.2 Å². The largest absolute Gasteiger partial charge is 0.391 e. The number of nitrogens with zero attached hydrogens (tertiary/aromatic N) is 1. The summed E-state index contributed by atoms with van der Waals surface area (Å²) in [4.78, 5) is 2.23. The maximum absolute atomic E-state index is 9.45. The molecule has 1 saturated carbocycles. The first kappa shape index (κ1) is 8.02. The van der Waals surface area contributed by atoms with E-state index >= 15 is 0 Å². The van der Waals surface area contributed by atoms with Crippen LogP contribution in [0.5, 0.6) is 0 Å². The molecular formula is C8H17NO. The third-order valence-corrected chi connectivity index (χ3v) is 2.51. The predicted molar refractivity (Wildman–Crippen MR) is 41.9 cm³/mol. The van der Waals surface area contributed by atoms with Gasteiger partial charge in [-0.25, -0.2) is 0 Å². The van der Waals surface area contributed by atoms with E-state index in [1.54, 1.807) is 0 Å². The number of rotatable bonds is 2. The van der Waals surface area contributed by atoms with Crippen molar-refractivity contribution in [1.29, 1.82) is 0 Å². The fourth-order valence-electron chi connectivity index (χ4n) is 1.67. The summed E-state index contributed by atoms with van der Waals surface area (Å²) in [6, 6.07) is 0.435. The van der Waals surface area contributed by atoms with E-state index in [9.17, 15) is 5.11 Å². The highest BCUT2D eigenvalue weighted by atomic mass is 16.3. The summed E-state index contributed by atoms with van der Waals surface area (Å²) >= 11 is 0. The van der Waals surface area contributed by atoms with Gasteiger partial charge < -0.3 is 10.0 Å². The van der Waals surface area contributed by atoms with E-state index in [4.69, 9.17) is 0 Å². The van der Waals surface area contributed by atoms with Crippen LogP contribution in [0.2, 0.25) is 0 Å². The average Bonchev–Trinajstić information content (AvgIpc) is 2.34. The van der Waals surface area contributed by atoms with E-state index in [2.05, 4.69) is 18.9 Å². The number of aliphatic hydroxyl groups excluding tert-OH is 1. The Bertz CT molecular complexity index is 105. The van der Waals surface area contributed by atoms with Gasteiger partial charge in [0.25, 0.3) is 0 Å². The van der Waals surface area contributed by atoms with Crippen LogP contribution in [-0.4, -0.2) is 35.7 Å². The first-order valence-electron chi connectivity index (χ1n) is 4.14. The molecule has 1 aliphatic rings. The molecule has 0 spiro atoms. The Balaban J connectivity index is 2.38. The molecule has 0 radical (unpaired) electrons. The van der Waals surface area contributed by atoms with Gasteiger partial charge in [0.05, 0.1) is 6.10 Å². The van der Waals surface area contributed by atoms with Crippen LogP contribution < -0.4 is 0 Å². The smallest absolute Gasteiger partial charge is 0.0695 e.